The molecule has 5 rings (SSSR count). The summed E-state index contributed by atoms with van der Waals surface area (Å²) in [6.45, 7) is 7.06. The summed E-state index contributed by atoms with van der Waals surface area (Å²) in [4.78, 5) is 19.0. The molecule has 1 atom stereocenters. The van der Waals surface area contributed by atoms with Crippen molar-refractivity contribution in [3.05, 3.63) is 53.1 Å². The van der Waals surface area contributed by atoms with Gasteiger partial charge in [-0.3, -0.25) is 4.79 Å². The highest BCUT2D eigenvalue weighted by atomic mass is 16.5. The standard InChI is InChI=1S/C26H29N3O4/c1-16(2)32-22-8-7-18(13-17(22)3)25-27-24(28-33-25)20-5-4-6-21-19(20)9-10-26(21)14-23(31)29(15-26)11-12-30/h4-8,13,16,30H,9-12,14-15H2,1-3H3/t26-/m1/s1. The van der Waals surface area contributed by atoms with E-state index in [1.807, 2.05) is 51.1 Å². The highest BCUT2D eigenvalue weighted by Crippen LogP contribution is 2.48. The van der Waals surface area contributed by atoms with Gasteiger partial charge in [-0.05, 0) is 68.5 Å². The summed E-state index contributed by atoms with van der Waals surface area (Å²) in [7, 11) is 0. The molecule has 1 amide bonds. The van der Waals surface area contributed by atoms with Crippen molar-refractivity contribution in [2.75, 3.05) is 19.7 Å². The maximum atomic E-state index is 12.5. The highest BCUT2D eigenvalue weighted by Gasteiger charge is 2.48. The average Bonchev–Trinajstić information content (AvgIpc) is 3.48. The monoisotopic (exact) mass is 447 g/mol. The molecule has 1 aromatic heterocycles. The maximum absolute atomic E-state index is 12.5. The summed E-state index contributed by atoms with van der Waals surface area (Å²) in [5.74, 6) is 2.00. The van der Waals surface area contributed by atoms with Crippen LogP contribution in [-0.4, -0.2) is 51.9 Å². The van der Waals surface area contributed by atoms with Crippen LogP contribution in [0, 0.1) is 6.92 Å². The molecule has 1 N–H and O–H groups in total. The summed E-state index contributed by atoms with van der Waals surface area (Å²) in [6, 6.07) is 12.0. The van der Waals surface area contributed by atoms with Gasteiger partial charge >= 0.3 is 0 Å². The lowest BCUT2D eigenvalue weighted by atomic mass is 9.80. The van der Waals surface area contributed by atoms with E-state index in [4.69, 9.17) is 14.2 Å². The number of hydrogen-bond donors (Lipinski definition) is 1. The van der Waals surface area contributed by atoms with E-state index in [1.54, 1.807) is 4.90 Å². The third-order valence-electron chi connectivity index (χ3n) is 6.76. The lowest BCUT2D eigenvalue weighted by Gasteiger charge is -2.24. The first kappa shape index (κ1) is 21.6. The van der Waals surface area contributed by atoms with Crippen LogP contribution >= 0.6 is 0 Å². The molecule has 2 heterocycles. The number of carbonyl (C=O) groups is 1. The van der Waals surface area contributed by atoms with E-state index >= 15 is 0 Å². The number of β-amino-alcohol motifs (C(OH)–C–C–N with tert-alkyl or cyclic N) is 1. The van der Waals surface area contributed by atoms with E-state index in [-0.39, 0.29) is 24.0 Å². The molecule has 0 saturated carbocycles. The highest BCUT2D eigenvalue weighted by molar-refractivity contribution is 5.82. The minimum atomic E-state index is -0.187. The van der Waals surface area contributed by atoms with Crippen molar-refractivity contribution in [1.82, 2.24) is 15.0 Å². The van der Waals surface area contributed by atoms with Gasteiger partial charge in [0.05, 0.1) is 12.7 Å². The van der Waals surface area contributed by atoms with Gasteiger partial charge in [-0.25, -0.2) is 0 Å². The van der Waals surface area contributed by atoms with Crippen molar-refractivity contribution in [3.63, 3.8) is 0 Å². The van der Waals surface area contributed by atoms with E-state index in [0.717, 1.165) is 35.3 Å². The minimum absolute atomic E-state index is 0.00952. The largest absolute Gasteiger partial charge is 0.491 e. The number of fused-ring (bicyclic) bond motifs is 2. The second-order valence-corrected chi connectivity index (χ2v) is 9.40. The molecule has 0 radical (unpaired) electrons. The zero-order valence-corrected chi connectivity index (χ0v) is 19.3. The quantitative estimate of drug-likeness (QED) is 0.616. The Morgan fingerprint density at radius 2 is 2.12 bits per heavy atom. The van der Waals surface area contributed by atoms with Gasteiger partial charge in [0, 0.05) is 36.1 Å². The Labute approximate surface area is 193 Å². The predicted octanol–water partition coefficient (Wildman–Crippen LogP) is 3.91. The number of aryl methyl sites for hydroxylation is 1. The summed E-state index contributed by atoms with van der Waals surface area (Å²) in [5, 5.41) is 13.6. The van der Waals surface area contributed by atoms with Gasteiger partial charge in [0.1, 0.15) is 5.75 Å². The van der Waals surface area contributed by atoms with E-state index < -0.39 is 0 Å². The normalized spacial score (nSPS) is 19.7. The van der Waals surface area contributed by atoms with Crippen LogP contribution in [0.5, 0.6) is 5.75 Å². The fourth-order valence-electron chi connectivity index (χ4n) is 5.26. The second-order valence-electron chi connectivity index (χ2n) is 9.40. The average molecular weight is 448 g/mol. The molecule has 1 spiro atoms. The number of aliphatic hydroxyl groups excluding tert-OH is 1. The second kappa shape index (κ2) is 8.30. The van der Waals surface area contributed by atoms with E-state index in [2.05, 4.69) is 11.2 Å². The molecule has 0 unspecified atom stereocenters. The molecule has 1 aliphatic heterocycles. The number of aliphatic hydroxyl groups is 1. The number of rotatable bonds is 6. The third kappa shape index (κ3) is 3.80. The molecule has 1 fully saturated rings. The first-order chi connectivity index (χ1) is 15.9. The number of carbonyl (C=O) groups excluding carboxylic acids is 1. The van der Waals surface area contributed by atoms with Crippen LogP contribution in [0.1, 0.15) is 43.4 Å². The molecule has 7 nitrogen and oxygen atoms in total. The molecule has 2 aromatic carbocycles. The molecule has 1 saturated heterocycles. The fourth-order valence-corrected chi connectivity index (χ4v) is 5.26. The van der Waals surface area contributed by atoms with Gasteiger partial charge in [-0.1, -0.05) is 23.4 Å². The number of ether oxygens (including phenoxy) is 1. The van der Waals surface area contributed by atoms with Crippen molar-refractivity contribution in [3.8, 4) is 28.6 Å². The van der Waals surface area contributed by atoms with Gasteiger partial charge in [0.15, 0.2) is 0 Å². The van der Waals surface area contributed by atoms with Crippen LogP contribution < -0.4 is 4.74 Å². The van der Waals surface area contributed by atoms with Gasteiger partial charge in [0.2, 0.25) is 11.7 Å². The third-order valence-corrected chi connectivity index (χ3v) is 6.76. The first-order valence-corrected chi connectivity index (χ1v) is 11.5. The fraction of sp³-hybridized carbons (Fsp3) is 0.423. The summed E-state index contributed by atoms with van der Waals surface area (Å²) in [5.41, 5.74) is 5.04. The number of amides is 1. The van der Waals surface area contributed by atoms with E-state index in [9.17, 15) is 9.90 Å². The van der Waals surface area contributed by atoms with E-state index in [0.29, 0.717) is 31.2 Å². The van der Waals surface area contributed by atoms with Crippen molar-refractivity contribution in [2.24, 2.45) is 0 Å². The first-order valence-electron chi connectivity index (χ1n) is 11.5. The number of hydrogen-bond acceptors (Lipinski definition) is 6. The Morgan fingerprint density at radius 3 is 2.88 bits per heavy atom. The zero-order valence-electron chi connectivity index (χ0n) is 19.3. The van der Waals surface area contributed by atoms with Crippen LogP contribution in [0.15, 0.2) is 40.9 Å². The zero-order chi connectivity index (χ0) is 23.2. The number of likely N-dealkylation sites (tertiary alicyclic amines) is 1. The molecular weight excluding hydrogens is 418 g/mol. The van der Waals surface area contributed by atoms with Crippen LogP contribution in [0.4, 0.5) is 0 Å². The SMILES string of the molecule is Cc1cc(-c2nc(-c3cccc4c3CC[C@]43CC(=O)N(CCO)C3)no2)ccc1OC(C)C. The Morgan fingerprint density at radius 1 is 1.27 bits per heavy atom. The molecule has 3 aromatic rings. The Bertz CT molecular complexity index is 1200. The number of aromatic nitrogens is 2. The molecule has 33 heavy (non-hydrogen) atoms. The molecule has 172 valence electrons. The summed E-state index contributed by atoms with van der Waals surface area (Å²) >= 11 is 0. The molecule has 7 heteroatoms. The van der Waals surface area contributed by atoms with Gasteiger partial charge in [-0.15, -0.1) is 0 Å². The van der Waals surface area contributed by atoms with E-state index in [1.165, 1.54) is 11.1 Å². The Kier molecular flexibility index (Phi) is 5.44. The number of nitrogens with zero attached hydrogens (tertiary/aromatic N) is 3. The molecule has 1 aliphatic carbocycles. The van der Waals surface area contributed by atoms with Crippen molar-refractivity contribution < 1.29 is 19.2 Å². The van der Waals surface area contributed by atoms with Crippen molar-refractivity contribution in [2.45, 2.75) is 51.6 Å². The van der Waals surface area contributed by atoms with Gasteiger partial charge in [-0.2, -0.15) is 4.98 Å². The van der Waals surface area contributed by atoms with Crippen molar-refractivity contribution in [1.29, 1.82) is 0 Å². The maximum Gasteiger partial charge on any atom is 0.258 e. The summed E-state index contributed by atoms with van der Waals surface area (Å²) in [6.07, 6.45) is 2.38. The Hall–Kier alpha value is -3.19. The molecule has 2 aliphatic rings. The van der Waals surface area contributed by atoms with Gasteiger partial charge < -0.3 is 19.3 Å². The predicted molar refractivity (Wildman–Crippen MR) is 124 cm³/mol. The molecular formula is C26H29N3O4. The van der Waals surface area contributed by atoms with Crippen LogP contribution in [-0.2, 0) is 16.6 Å². The lowest BCUT2D eigenvalue weighted by molar-refractivity contribution is -0.128. The van der Waals surface area contributed by atoms with Crippen molar-refractivity contribution >= 4 is 5.91 Å². The van der Waals surface area contributed by atoms with Gasteiger partial charge in [0.25, 0.3) is 5.89 Å². The molecule has 0 bridgehead atoms. The van der Waals surface area contributed by atoms with Crippen LogP contribution in [0.2, 0.25) is 0 Å². The topological polar surface area (TPSA) is 88.7 Å². The lowest BCUT2D eigenvalue weighted by Crippen LogP contribution is -2.32. The van der Waals surface area contributed by atoms with Crippen LogP contribution in [0.25, 0.3) is 22.8 Å². The Balaban J connectivity index is 1.45. The number of benzene rings is 2. The van der Waals surface area contributed by atoms with Crippen LogP contribution in [0.3, 0.4) is 0 Å². The smallest absolute Gasteiger partial charge is 0.258 e. The minimum Gasteiger partial charge on any atom is -0.491 e. The summed E-state index contributed by atoms with van der Waals surface area (Å²) < 4.78 is 11.5.